The summed E-state index contributed by atoms with van der Waals surface area (Å²) in [5.41, 5.74) is 0.0472. The van der Waals surface area contributed by atoms with Gasteiger partial charge in [0.2, 0.25) is 0 Å². The molecule has 134 valence electrons. The lowest BCUT2D eigenvalue weighted by Gasteiger charge is -2.36. The second-order valence-electron chi connectivity index (χ2n) is 4.78. The van der Waals surface area contributed by atoms with Crippen molar-refractivity contribution in [1.29, 1.82) is 0 Å². The van der Waals surface area contributed by atoms with Gasteiger partial charge in [0.25, 0.3) is 0 Å². The van der Waals surface area contributed by atoms with Crippen LogP contribution in [-0.2, 0) is 0 Å². The quantitative estimate of drug-likeness (QED) is 0.753. The Balaban J connectivity index is 0.00000242. The average molecular weight is 442 g/mol. The molecular weight excluding hydrogens is 424 g/mol. The molecule has 0 amide bonds. The van der Waals surface area contributed by atoms with Crippen molar-refractivity contribution in [2.45, 2.75) is 12.2 Å². The molecule has 0 aromatic heterocycles. The van der Waals surface area contributed by atoms with Crippen molar-refractivity contribution in [3.8, 4) is 11.5 Å². The fourth-order valence-electron chi connectivity index (χ4n) is 2.45. The van der Waals surface area contributed by atoms with E-state index in [0.717, 1.165) is 0 Å². The topological polar surface area (TPSA) is 44.7 Å². The molecule has 1 atom stereocenters. The maximum atomic E-state index is 13.5. The van der Waals surface area contributed by atoms with Gasteiger partial charge in [-0.25, -0.2) is 0 Å². The molecule has 1 fully saturated rings. The van der Waals surface area contributed by atoms with E-state index >= 15 is 0 Å². The van der Waals surface area contributed by atoms with E-state index in [1.807, 2.05) is 0 Å². The van der Waals surface area contributed by atoms with E-state index in [1.165, 1.54) is 24.1 Å². The van der Waals surface area contributed by atoms with Crippen molar-refractivity contribution in [3.05, 3.63) is 22.2 Å². The Labute approximate surface area is 153 Å². The normalized spacial score (nSPS) is 16.9. The van der Waals surface area contributed by atoms with Gasteiger partial charge in [0.15, 0.2) is 11.5 Å². The van der Waals surface area contributed by atoms with Gasteiger partial charge in [0, 0.05) is 26.2 Å². The molecule has 0 radical (unpaired) electrons. The lowest BCUT2D eigenvalue weighted by molar-refractivity contribution is -0.187. The first-order valence-corrected chi connectivity index (χ1v) is 7.21. The largest absolute Gasteiger partial charge is 0.503 e. The van der Waals surface area contributed by atoms with Crippen molar-refractivity contribution in [1.82, 2.24) is 10.2 Å². The number of alkyl halides is 3. The van der Waals surface area contributed by atoms with Crippen LogP contribution in [0.1, 0.15) is 11.6 Å². The first-order valence-electron chi connectivity index (χ1n) is 6.42. The molecule has 0 spiro atoms. The summed E-state index contributed by atoms with van der Waals surface area (Å²) in [6.07, 6.45) is -4.40. The highest BCUT2D eigenvalue weighted by molar-refractivity contribution is 9.10. The molecule has 0 bridgehead atoms. The number of rotatable bonds is 3. The molecule has 1 heterocycles. The van der Waals surface area contributed by atoms with E-state index < -0.39 is 12.2 Å². The van der Waals surface area contributed by atoms with Crippen molar-refractivity contribution >= 4 is 40.7 Å². The van der Waals surface area contributed by atoms with E-state index in [2.05, 4.69) is 21.2 Å². The van der Waals surface area contributed by atoms with Crippen molar-refractivity contribution < 1.29 is 23.0 Å². The van der Waals surface area contributed by atoms with Crippen LogP contribution < -0.4 is 10.1 Å². The predicted molar refractivity (Wildman–Crippen MR) is 90.1 cm³/mol. The average Bonchev–Trinajstić information content (AvgIpc) is 2.42. The first-order chi connectivity index (χ1) is 9.84. The summed E-state index contributed by atoms with van der Waals surface area (Å²) in [6, 6.07) is 0.809. The molecule has 1 aliphatic heterocycles. The maximum absolute atomic E-state index is 13.5. The summed E-state index contributed by atoms with van der Waals surface area (Å²) >= 11 is 3.07. The van der Waals surface area contributed by atoms with Crippen LogP contribution in [0.3, 0.4) is 0 Å². The second-order valence-corrected chi connectivity index (χ2v) is 5.64. The Bertz CT molecular complexity index is 515. The number of phenolic OH excluding ortho intramolecular Hbond substituents is 1. The summed E-state index contributed by atoms with van der Waals surface area (Å²) in [6.45, 7) is 1.65. The number of piperazine rings is 1. The number of methoxy groups -OCH3 is 1. The molecule has 2 N–H and O–H groups in total. The number of aromatic hydroxyl groups is 1. The Morgan fingerprint density at radius 1 is 1.26 bits per heavy atom. The minimum atomic E-state index is -4.40. The third-order valence-electron chi connectivity index (χ3n) is 3.41. The van der Waals surface area contributed by atoms with Gasteiger partial charge in [0.1, 0.15) is 6.04 Å². The van der Waals surface area contributed by atoms with E-state index in [4.69, 9.17) is 4.74 Å². The zero-order valence-electron chi connectivity index (χ0n) is 12.2. The Morgan fingerprint density at radius 3 is 2.30 bits per heavy atom. The van der Waals surface area contributed by atoms with Crippen molar-refractivity contribution in [3.63, 3.8) is 0 Å². The monoisotopic (exact) mass is 440 g/mol. The van der Waals surface area contributed by atoms with Crippen LogP contribution >= 0.6 is 40.7 Å². The van der Waals surface area contributed by atoms with Crippen LogP contribution in [0.15, 0.2) is 16.6 Å². The van der Waals surface area contributed by atoms with Crippen LogP contribution in [0, 0.1) is 0 Å². The maximum Gasteiger partial charge on any atom is 0.408 e. The van der Waals surface area contributed by atoms with E-state index in [0.29, 0.717) is 26.2 Å². The lowest BCUT2D eigenvalue weighted by Crippen LogP contribution is -2.49. The molecule has 0 unspecified atom stereocenters. The smallest absolute Gasteiger partial charge is 0.408 e. The van der Waals surface area contributed by atoms with Crippen molar-refractivity contribution in [2.24, 2.45) is 0 Å². The second kappa shape index (κ2) is 9.17. The summed E-state index contributed by atoms with van der Waals surface area (Å²) in [7, 11) is 1.30. The molecule has 10 heteroatoms. The molecule has 1 saturated heterocycles. The minimum absolute atomic E-state index is 0. The number of hydrogen-bond donors (Lipinski definition) is 2. The van der Waals surface area contributed by atoms with Gasteiger partial charge < -0.3 is 15.2 Å². The fraction of sp³-hybridized carbons (Fsp3) is 0.538. The zero-order chi connectivity index (χ0) is 15.6. The summed E-state index contributed by atoms with van der Waals surface area (Å²) in [5.74, 6) is -0.189. The molecule has 2 rings (SSSR count). The van der Waals surface area contributed by atoms with Gasteiger partial charge in [-0.15, -0.1) is 24.8 Å². The molecule has 23 heavy (non-hydrogen) atoms. The van der Waals surface area contributed by atoms with Crippen LogP contribution in [0.2, 0.25) is 0 Å². The van der Waals surface area contributed by atoms with E-state index in [1.54, 1.807) is 0 Å². The fourth-order valence-corrected chi connectivity index (χ4v) is 2.91. The summed E-state index contributed by atoms with van der Waals surface area (Å²) in [5, 5.41) is 12.8. The highest BCUT2D eigenvalue weighted by Gasteiger charge is 2.45. The Morgan fingerprint density at radius 2 is 1.83 bits per heavy atom. The van der Waals surface area contributed by atoms with Gasteiger partial charge in [-0.3, -0.25) is 4.90 Å². The number of benzene rings is 1. The molecule has 1 aromatic carbocycles. The Kier molecular flexibility index (Phi) is 9.01. The van der Waals surface area contributed by atoms with Gasteiger partial charge >= 0.3 is 6.18 Å². The number of phenols is 1. The number of halogens is 6. The van der Waals surface area contributed by atoms with Crippen LogP contribution in [0.5, 0.6) is 11.5 Å². The standard InChI is InChI=1S/C13H16BrF3N2O2.2ClH/c1-21-10-7-8(6-9(14)11(10)20)12(13(15,16)17)19-4-2-18-3-5-19;;/h6-7,12,18,20H,2-5H2,1H3;2*1H/t12-;;/m0../s1. The molecule has 1 aromatic rings. The number of nitrogens with one attached hydrogen (secondary N) is 1. The molecule has 0 aliphatic carbocycles. The predicted octanol–water partition coefficient (Wildman–Crippen LogP) is 3.52. The first kappa shape index (κ1) is 22.6. The third-order valence-corrected chi connectivity index (χ3v) is 4.02. The van der Waals surface area contributed by atoms with Gasteiger partial charge in [-0.2, -0.15) is 13.2 Å². The van der Waals surface area contributed by atoms with Gasteiger partial charge in [0.05, 0.1) is 11.6 Å². The molecule has 4 nitrogen and oxygen atoms in total. The third kappa shape index (κ3) is 5.29. The number of ether oxygens (including phenoxy) is 1. The van der Waals surface area contributed by atoms with Crippen molar-refractivity contribution in [2.75, 3.05) is 33.3 Å². The van der Waals surface area contributed by atoms with Crippen LogP contribution in [0.25, 0.3) is 0 Å². The van der Waals surface area contributed by atoms with Crippen LogP contribution in [-0.4, -0.2) is 49.5 Å². The SMILES string of the molecule is COc1cc([C@H](N2CCNCC2)C(F)(F)F)cc(Br)c1O.Cl.Cl. The van der Waals surface area contributed by atoms with Gasteiger partial charge in [-0.1, -0.05) is 0 Å². The van der Waals surface area contributed by atoms with Gasteiger partial charge in [-0.05, 0) is 33.6 Å². The van der Waals surface area contributed by atoms with E-state index in [-0.39, 0.29) is 46.3 Å². The highest BCUT2D eigenvalue weighted by atomic mass is 79.9. The number of hydrogen-bond acceptors (Lipinski definition) is 4. The highest BCUT2D eigenvalue weighted by Crippen LogP contribution is 2.43. The molecular formula is C13H18BrCl2F3N2O2. The van der Waals surface area contributed by atoms with Crippen LogP contribution in [0.4, 0.5) is 13.2 Å². The Hall–Kier alpha value is -0.410. The summed E-state index contributed by atoms with van der Waals surface area (Å²) in [4.78, 5) is 1.38. The molecule has 1 aliphatic rings. The lowest BCUT2D eigenvalue weighted by atomic mass is 10.0. The molecule has 0 saturated carbocycles. The minimum Gasteiger partial charge on any atom is -0.503 e. The van der Waals surface area contributed by atoms with E-state index in [9.17, 15) is 18.3 Å². The zero-order valence-corrected chi connectivity index (χ0v) is 15.4. The number of nitrogens with zero attached hydrogens (tertiary/aromatic N) is 1. The summed E-state index contributed by atoms with van der Waals surface area (Å²) < 4.78 is 45.6.